The van der Waals surface area contributed by atoms with E-state index in [1.165, 1.54) is 26.0 Å². The van der Waals surface area contributed by atoms with E-state index in [4.69, 9.17) is 9.72 Å². The summed E-state index contributed by atoms with van der Waals surface area (Å²) in [4.78, 5) is 22.1. The molecule has 0 unspecified atom stereocenters. The molecule has 0 amide bonds. The van der Waals surface area contributed by atoms with Gasteiger partial charge in [-0.1, -0.05) is 0 Å². The Morgan fingerprint density at radius 3 is 2.88 bits per heavy atom. The van der Waals surface area contributed by atoms with Crippen LogP contribution in [-0.4, -0.2) is 38.7 Å². The Morgan fingerprint density at radius 1 is 1.35 bits per heavy atom. The van der Waals surface area contributed by atoms with Gasteiger partial charge in [-0.25, -0.2) is 4.98 Å². The van der Waals surface area contributed by atoms with Crippen molar-refractivity contribution in [1.29, 1.82) is 0 Å². The van der Waals surface area contributed by atoms with Crippen LogP contribution in [0.25, 0.3) is 0 Å². The number of nitrogens with zero attached hydrogens (tertiary/aromatic N) is 2. The maximum Gasteiger partial charge on any atom is 0.254 e. The van der Waals surface area contributed by atoms with Crippen molar-refractivity contribution in [2.45, 2.75) is 38.8 Å². The van der Waals surface area contributed by atoms with Gasteiger partial charge in [-0.05, 0) is 42.9 Å². The lowest BCUT2D eigenvalue weighted by Gasteiger charge is -2.28. The number of benzene rings is 1. The molecule has 7 nitrogen and oxygen atoms in total. The van der Waals surface area contributed by atoms with Crippen molar-refractivity contribution in [2.24, 2.45) is 5.92 Å². The van der Waals surface area contributed by atoms with Crippen LogP contribution < -0.4 is 10.3 Å². The van der Waals surface area contributed by atoms with Crippen LogP contribution in [0.5, 0.6) is 17.2 Å². The highest BCUT2D eigenvalue weighted by Gasteiger charge is 2.25. The fourth-order valence-corrected chi connectivity index (χ4v) is 3.53. The molecule has 0 spiro atoms. The molecule has 1 aromatic carbocycles. The molecule has 1 aliphatic carbocycles. The number of hydrogen-bond donors (Lipinski definition) is 3. The highest BCUT2D eigenvalue weighted by atomic mass is 16.5. The zero-order chi connectivity index (χ0) is 18.3. The predicted molar refractivity (Wildman–Crippen MR) is 95.4 cm³/mol. The van der Waals surface area contributed by atoms with Crippen molar-refractivity contribution >= 4 is 0 Å². The van der Waals surface area contributed by atoms with E-state index in [0.717, 1.165) is 35.6 Å². The van der Waals surface area contributed by atoms with Gasteiger partial charge in [0.25, 0.3) is 5.56 Å². The number of methoxy groups -OCH3 is 1. The largest absolute Gasteiger partial charge is 0.504 e. The summed E-state index contributed by atoms with van der Waals surface area (Å²) >= 11 is 0. The summed E-state index contributed by atoms with van der Waals surface area (Å²) in [6.45, 7) is 1.92. The monoisotopic (exact) mass is 357 g/mol. The summed E-state index contributed by atoms with van der Waals surface area (Å²) in [5.74, 6) is 1.26. The normalized spacial score (nSPS) is 17.1. The van der Waals surface area contributed by atoms with Gasteiger partial charge < -0.3 is 19.9 Å². The summed E-state index contributed by atoms with van der Waals surface area (Å²) in [5, 5.41) is 19.6. The molecule has 2 aromatic rings. The molecule has 1 aromatic heterocycles. The maximum atomic E-state index is 12.3. The van der Waals surface area contributed by atoms with Crippen molar-refractivity contribution in [3.05, 3.63) is 45.1 Å². The van der Waals surface area contributed by atoms with Gasteiger partial charge in [-0.15, -0.1) is 0 Å². The fourth-order valence-electron chi connectivity index (χ4n) is 3.53. The van der Waals surface area contributed by atoms with E-state index in [-0.39, 0.29) is 22.8 Å². The van der Waals surface area contributed by atoms with Crippen LogP contribution in [-0.2, 0) is 25.9 Å². The topological polar surface area (TPSA) is 98.7 Å². The third-order valence-electron chi connectivity index (χ3n) is 5.12. The molecular formula is C19H23N3O4. The van der Waals surface area contributed by atoms with E-state index in [1.807, 2.05) is 0 Å². The standard InChI is InChI=1S/C19H23N3O4/c1-26-16-7-12(6-15(23)18(16)24)9-22-5-4-13-14(10-22)20-17(21-19(13)25)8-11-2-3-11/h6-7,11,23-24H,2-5,8-10H2,1H3,(H,20,21,25). The van der Waals surface area contributed by atoms with Gasteiger partial charge in [-0.3, -0.25) is 9.69 Å². The minimum atomic E-state index is -0.252. The molecule has 0 bridgehead atoms. The van der Waals surface area contributed by atoms with E-state index in [2.05, 4.69) is 9.88 Å². The number of aromatic hydroxyl groups is 2. The second-order valence-electron chi connectivity index (χ2n) is 7.21. The molecular weight excluding hydrogens is 334 g/mol. The summed E-state index contributed by atoms with van der Waals surface area (Å²) in [5.41, 5.74) is 2.47. The summed E-state index contributed by atoms with van der Waals surface area (Å²) in [7, 11) is 1.45. The first-order valence-electron chi connectivity index (χ1n) is 8.95. The second-order valence-corrected chi connectivity index (χ2v) is 7.21. The Labute approximate surface area is 151 Å². The van der Waals surface area contributed by atoms with Crippen LogP contribution in [0, 0.1) is 5.92 Å². The molecule has 1 aliphatic heterocycles. The number of hydrogen-bond acceptors (Lipinski definition) is 6. The number of aromatic amines is 1. The van der Waals surface area contributed by atoms with Gasteiger partial charge in [0, 0.05) is 31.6 Å². The van der Waals surface area contributed by atoms with Crippen LogP contribution >= 0.6 is 0 Å². The average molecular weight is 357 g/mol. The quantitative estimate of drug-likeness (QED) is 0.705. The first kappa shape index (κ1) is 16.9. The summed E-state index contributed by atoms with van der Waals surface area (Å²) in [6, 6.07) is 3.26. The van der Waals surface area contributed by atoms with Crippen molar-refractivity contribution < 1.29 is 14.9 Å². The van der Waals surface area contributed by atoms with Crippen LogP contribution in [0.4, 0.5) is 0 Å². The molecule has 1 fully saturated rings. The number of phenols is 2. The number of rotatable bonds is 5. The Bertz CT molecular complexity index is 889. The molecule has 2 heterocycles. The first-order chi connectivity index (χ1) is 12.5. The third-order valence-corrected chi connectivity index (χ3v) is 5.12. The van der Waals surface area contributed by atoms with Crippen LogP contribution in [0.3, 0.4) is 0 Å². The van der Waals surface area contributed by atoms with E-state index >= 15 is 0 Å². The second kappa shape index (κ2) is 6.64. The number of H-pyrrole nitrogens is 1. The molecule has 7 heteroatoms. The minimum Gasteiger partial charge on any atom is -0.504 e. The van der Waals surface area contributed by atoms with Gasteiger partial charge in [0.2, 0.25) is 5.75 Å². The van der Waals surface area contributed by atoms with Crippen LogP contribution in [0.15, 0.2) is 16.9 Å². The number of fused-ring (bicyclic) bond motifs is 1. The summed E-state index contributed by atoms with van der Waals surface area (Å²) in [6.07, 6.45) is 3.95. The lowest BCUT2D eigenvalue weighted by molar-refractivity contribution is 0.239. The average Bonchev–Trinajstić information content (AvgIpc) is 3.41. The number of nitrogens with one attached hydrogen (secondary N) is 1. The highest BCUT2D eigenvalue weighted by Crippen LogP contribution is 2.37. The van der Waals surface area contributed by atoms with Gasteiger partial charge >= 0.3 is 0 Å². The molecule has 2 aliphatic rings. The van der Waals surface area contributed by atoms with Gasteiger partial charge in [0.1, 0.15) is 5.82 Å². The van der Waals surface area contributed by atoms with E-state index in [0.29, 0.717) is 25.4 Å². The molecule has 0 atom stereocenters. The number of aromatic nitrogens is 2. The lowest BCUT2D eigenvalue weighted by atomic mass is 10.0. The molecule has 1 saturated carbocycles. The van der Waals surface area contributed by atoms with Crippen molar-refractivity contribution in [2.75, 3.05) is 13.7 Å². The highest BCUT2D eigenvalue weighted by molar-refractivity contribution is 5.51. The van der Waals surface area contributed by atoms with Gasteiger partial charge in [-0.2, -0.15) is 0 Å². The van der Waals surface area contributed by atoms with E-state index < -0.39 is 0 Å². The minimum absolute atomic E-state index is 0.00533. The lowest BCUT2D eigenvalue weighted by Crippen LogP contribution is -2.35. The van der Waals surface area contributed by atoms with E-state index in [9.17, 15) is 15.0 Å². The summed E-state index contributed by atoms with van der Waals surface area (Å²) < 4.78 is 5.10. The zero-order valence-corrected chi connectivity index (χ0v) is 14.8. The predicted octanol–water partition coefficient (Wildman–Crippen LogP) is 1.70. The number of phenolic OH excluding ortho intramolecular Hbond substituents is 2. The first-order valence-corrected chi connectivity index (χ1v) is 8.95. The molecule has 4 rings (SSSR count). The fraction of sp³-hybridized carbons (Fsp3) is 0.474. The molecule has 26 heavy (non-hydrogen) atoms. The number of ether oxygens (including phenoxy) is 1. The van der Waals surface area contributed by atoms with Crippen molar-refractivity contribution in [3.63, 3.8) is 0 Å². The molecule has 3 N–H and O–H groups in total. The van der Waals surface area contributed by atoms with Gasteiger partial charge in [0.05, 0.1) is 12.8 Å². The Morgan fingerprint density at radius 2 is 2.15 bits per heavy atom. The molecule has 0 saturated heterocycles. The van der Waals surface area contributed by atoms with Crippen LogP contribution in [0.1, 0.15) is 35.5 Å². The Balaban J connectivity index is 1.53. The van der Waals surface area contributed by atoms with E-state index in [1.54, 1.807) is 6.07 Å². The smallest absolute Gasteiger partial charge is 0.254 e. The molecule has 0 radical (unpaired) electrons. The van der Waals surface area contributed by atoms with Crippen molar-refractivity contribution in [3.8, 4) is 17.2 Å². The van der Waals surface area contributed by atoms with Crippen molar-refractivity contribution in [1.82, 2.24) is 14.9 Å². The molecule has 138 valence electrons. The Hall–Kier alpha value is -2.54. The zero-order valence-electron chi connectivity index (χ0n) is 14.8. The maximum absolute atomic E-state index is 12.3. The van der Waals surface area contributed by atoms with Gasteiger partial charge in [0.15, 0.2) is 11.5 Å². The third kappa shape index (κ3) is 3.39. The SMILES string of the molecule is COc1cc(CN2CCc3c(nc(CC4CC4)[nH]c3=O)C2)cc(O)c1O. The Kier molecular flexibility index (Phi) is 4.32. The van der Waals surface area contributed by atoms with Crippen LogP contribution in [0.2, 0.25) is 0 Å².